The molecule has 2 N–H and O–H groups in total. The van der Waals surface area contributed by atoms with Gasteiger partial charge in [-0.15, -0.1) is 0 Å². The number of benzene rings is 1. The number of methoxy groups -OCH3 is 1. The van der Waals surface area contributed by atoms with E-state index >= 15 is 0 Å². The van der Waals surface area contributed by atoms with Crippen molar-refractivity contribution < 1.29 is 14.6 Å². The van der Waals surface area contributed by atoms with Gasteiger partial charge in [0.05, 0.1) is 19.8 Å². The minimum Gasteiger partial charge on any atom is -0.497 e. The minimum atomic E-state index is -0.344. The lowest BCUT2D eigenvalue weighted by Crippen LogP contribution is -2.19. The average Bonchev–Trinajstić information content (AvgIpc) is 2.39. The maximum absolute atomic E-state index is 9.29. The standard InChI is InChI=1S/C16H27NO3/c1-12(2)10-17-11-14-5-6-15(19-4)9-16(14)20-8-7-13(3)18/h5-6,9,12-13,17-18H,7-8,10-11H2,1-4H3. The fourth-order valence-electron chi connectivity index (χ4n) is 1.78. The number of aliphatic hydroxyl groups is 1. The predicted octanol–water partition coefficient (Wildman–Crippen LogP) is 2.59. The van der Waals surface area contributed by atoms with E-state index in [4.69, 9.17) is 9.47 Å². The molecule has 0 aliphatic carbocycles. The second-order valence-electron chi connectivity index (χ2n) is 5.48. The predicted molar refractivity (Wildman–Crippen MR) is 81.3 cm³/mol. The Hall–Kier alpha value is -1.26. The van der Waals surface area contributed by atoms with Gasteiger partial charge in [-0.2, -0.15) is 0 Å². The second kappa shape index (κ2) is 8.82. The molecule has 0 saturated carbocycles. The van der Waals surface area contributed by atoms with Crippen LogP contribution < -0.4 is 14.8 Å². The van der Waals surface area contributed by atoms with Crippen LogP contribution in [-0.2, 0) is 6.54 Å². The van der Waals surface area contributed by atoms with Crippen LogP contribution in [-0.4, -0.2) is 31.5 Å². The van der Waals surface area contributed by atoms with Crippen molar-refractivity contribution in [1.29, 1.82) is 0 Å². The zero-order valence-electron chi connectivity index (χ0n) is 13.0. The van der Waals surface area contributed by atoms with Crippen molar-refractivity contribution >= 4 is 0 Å². The molecule has 0 fully saturated rings. The minimum absolute atomic E-state index is 0.344. The fourth-order valence-corrected chi connectivity index (χ4v) is 1.78. The monoisotopic (exact) mass is 281 g/mol. The summed E-state index contributed by atoms with van der Waals surface area (Å²) >= 11 is 0. The number of hydrogen-bond donors (Lipinski definition) is 2. The van der Waals surface area contributed by atoms with Gasteiger partial charge in [-0.05, 0) is 25.5 Å². The molecule has 0 heterocycles. The molecule has 0 spiro atoms. The molecule has 1 aromatic carbocycles. The van der Waals surface area contributed by atoms with Gasteiger partial charge in [-0.3, -0.25) is 0 Å². The van der Waals surface area contributed by atoms with Gasteiger partial charge >= 0.3 is 0 Å². The molecule has 1 unspecified atom stereocenters. The van der Waals surface area contributed by atoms with Crippen LogP contribution in [0.15, 0.2) is 18.2 Å². The van der Waals surface area contributed by atoms with Gasteiger partial charge in [0, 0.05) is 24.6 Å². The topological polar surface area (TPSA) is 50.7 Å². The molecule has 4 heteroatoms. The lowest BCUT2D eigenvalue weighted by molar-refractivity contribution is 0.155. The smallest absolute Gasteiger partial charge is 0.127 e. The molecule has 20 heavy (non-hydrogen) atoms. The van der Waals surface area contributed by atoms with E-state index in [0.717, 1.165) is 30.2 Å². The number of aliphatic hydroxyl groups excluding tert-OH is 1. The summed E-state index contributed by atoms with van der Waals surface area (Å²) in [6.07, 6.45) is 0.277. The van der Waals surface area contributed by atoms with Crippen molar-refractivity contribution in [3.05, 3.63) is 23.8 Å². The second-order valence-corrected chi connectivity index (χ2v) is 5.48. The van der Waals surface area contributed by atoms with E-state index in [1.165, 1.54) is 0 Å². The van der Waals surface area contributed by atoms with Crippen LogP contribution in [0, 0.1) is 5.92 Å². The number of hydrogen-bond acceptors (Lipinski definition) is 4. The molecule has 1 aromatic rings. The first kappa shape index (κ1) is 16.8. The van der Waals surface area contributed by atoms with Crippen LogP contribution in [0.5, 0.6) is 11.5 Å². The van der Waals surface area contributed by atoms with Crippen LogP contribution in [0.3, 0.4) is 0 Å². The van der Waals surface area contributed by atoms with Crippen LogP contribution in [0.1, 0.15) is 32.8 Å². The molecule has 0 saturated heterocycles. The summed E-state index contributed by atoms with van der Waals surface area (Å²) in [5.41, 5.74) is 1.11. The van der Waals surface area contributed by atoms with Gasteiger partial charge in [-0.1, -0.05) is 19.9 Å². The third-order valence-corrected chi connectivity index (χ3v) is 2.94. The quantitative estimate of drug-likeness (QED) is 0.730. The fraction of sp³-hybridized carbons (Fsp3) is 0.625. The zero-order chi connectivity index (χ0) is 15.0. The van der Waals surface area contributed by atoms with E-state index in [9.17, 15) is 5.11 Å². The molecule has 0 bridgehead atoms. The first-order valence-corrected chi connectivity index (χ1v) is 7.21. The van der Waals surface area contributed by atoms with Crippen molar-refractivity contribution in [2.45, 2.75) is 39.8 Å². The summed E-state index contributed by atoms with van der Waals surface area (Å²) in [5, 5.41) is 12.7. The van der Waals surface area contributed by atoms with Gasteiger partial charge in [0.2, 0.25) is 0 Å². The number of ether oxygens (including phenoxy) is 2. The van der Waals surface area contributed by atoms with Crippen LogP contribution in [0.4, 0.5) is 0 Å². The summed E-state index contributed by atoms with van der Waals surface area (Å²) in [6, 6.07) is 5.85. The lowest BCUT2D eigenvalue weighted by atomic mass is 10.1. The largest absolute Gasteiger partial charge is 0.497 e. The normalized spacial score (nSPS) is 12.5. The summed E-state index contributed by atoms with van der Waals surface area (Å²) in [4.78, 5) is 0. The van der Waals surface area contributed by atoms with Gasteiger partial charge in [0.15, 0.2) is 0 Å². The Kier molecular flexibility index (Phi) is 7.41. The van der Waals surface area contributed by atoms with E-state index < -0.39 is 0 Å². The Morgan fingerprint density at radius 3 is 2.60 bits per heavy atom. The number of rotatable bonds is 9. The van der Waals surface area contributed by atoms with Gasteiger partial charge in [0.25, 0.3) is 0 Å². The Bertz CT molecular complexity index is 391. The third-order valence-electron chi connectivity index (χ3n) is 2.94. The van der Waals surface area contributed by atoms with E-state index in [1.807, 2.05) is 18.2 Å². The highest BCUT2D eigenvalue weighted by molar-refractivity contribution is 5.40. The van der Waals surface area contributed by atoms with Crippen LogP contribution >= 0.6 is 0 Å². The molecule has 0 amide bonds. The summed E-state index contributed by atoms with van der Waals surface area (Å²) in [5.74, 6) is 2.22. The average molecular weight is 281 g/mol. The van der Waals surface area contributed by atoms with Crippen molar-refractivity contribution in [2.24, 2.45) is 5.92 Å². The van der Waals surface area contributed by atoms with Gasteiger partial charge in [-0.25, -0.2) is 0 Å². The van der Waals surface area contributed by atoms with Gasteiger partial charge in [0.1, 0.15) is 11.5 Å². The Morgan fingerprint density at radius 2 is 2.00 bits per heavy atom. The molecular weight excluding hydrogens is 254 g/mol. The zero-order valence-corrected chi connectivity index (χ0v) is 13.0. The maximum atomic E-state index is 9.29. The number of nitrogens with one attached hydrogen (secondary N) is 1. The summed E-state index contributed by atoms with van der Waals surface area (Å²) in [6.45, 7) is 8.37. The highest BCUT2D eigenvalue weighted by Crippen LogP contribution is 2.25. The molecule has 0 radical (unpaired) electrons. The molecule has 0 aromatic heterocycles. The van der Waals surface area contributed by atoms with Crippen LogP contribution in [0.2, 0.25) is 0 Å². The van der Waals surface area contributed by atoms with E-state index in [0.29, 0.717) is 18.9 Å². The summed E-state index contributed by atoms with van der Waals surface area (Å²) < 4.78 is 11.0. The van der Waals surface area contributed by atoms with Crippen molar-refractivity contribution in [1.82, 2.24) is 5.32 Å². The van der Waals surface area contributed by atoms with Crippen molar-refractivity contribution in [3.8, 4) is 11.5 Å². The van der Waals surface area contributed by atoms with E-state index in [1.54, 1.807) is 14.0 Å². The highest BCUT2D eigenvalue weighted by Gasteiger charge is 2.07. The molecule has 1 rings (SSSR count). The van der Waals surface area contributed by atoms with Crippen molar-refractivity contribution in [3.63, 3.8) is 0 Å². The molecule has 4 nitrogen and oxygen atoms in total. The maximum Gasteiger partial charge on any atom is 0.127 e. The molecule has 114 valence electrons. The summed E-state index contributed by atoms with van der Waals surface area (Å²) in [7, 11) is 1.64. The third kappa shape index (κ3) is 6.26. The molecule has 0 aliphatic heterocycles. The van der Waals surface area contributed by atoms with Gasteiger partial charge < -0.3 is 19.9 Å². The van der Waals surface area contributed by atoms with E-state index in [2.05, 4.69) is 19.2 Å². The first-order chi connectivity index (χ1) is 9.52. The molecule has 0 aliphatic rings. The SMILES string of the molecule is COc1ccc(CNCC(C)C)c(OCCC(C)O)c1. The Balaban J connectivity index is 2.65. The van der Waals surface area contributed by atoms with E-state index in [-0.39, 0.29) is 6.10 Å². The molecular formula is C16H27NO3. The van der Waals surface area contributed by atoms with Crippen molar-refractivity contribution in [2.75, 3.05) is 20.3 Å². The Morgan fingerprint density at radius 1 is 1.25 bits per heavy atom. The lowest BCUT2D eigenvalue weighted by Gasteiger charge is -2.15. The van der Waals surface area contributed by atoms with Crippen LogP contribution in [0.25, 0.3) is 0 Å². The Labute approximate surface area is 122 Å². The first-order valence-electron chi connectivity index (χ1n) is 7.21. The molecule has 1 atom stereocenters. The highest BCUT2D eigenvalue weighted by atomic mass is 16.5.